The molecule has 0 saturated heterocycles. The van der Waals surface area contributed by atoms with Crippen molar-refractivity contribution in [2.45, 2.75) is 44.6 Å². The largest absolute Gasteiger partial charge is 0.488 e. The molecule has 1 unspecified atom stereocenters. The van der Waals surface area contributed by atoms with Gasteiger partial charge in [0.05, 0.1) is 0 Å². The molecule has 0 saturated carbocycles. The summed E-state index contributed by atoms with van der Waals surface area (Å²) in [6.45, 7) is 1.97. The first-order chi connectivity index (χ1) is 9.81. The van der Waals surface area contributed by atoms with Crippen LogP contribution >= 0.6 is 11.6 Å². The van der Waals surface area contributed by atoms with Crippen molar-refractivity contribution in [2.24, 2.45) is 0 Å². The summed E-state index contributed by atoms with van der Waals surface area (Å²) in [5.74, 6) is 0.996. The molecule has 1 aromatic carbocycles. The molecule has 0 aromatic heterocycles. The lowest BCUT2D eigenvalue weighted by molar-refractivity contribution is 0.228. The van der Waals surface area contributed by atoms with Gasteiger partial charge in [-0.05, 0) is 62.4 Å². The van der Waals surface area contributed by atoms with E-state index in [1.165, 1.54) is 37.7 Å². The van der Waals surface area contributed by atoms with Gasteiger partial charge in [0.15, 0.2) is 0 Å². The standard InChI is InChI=1S/C17H22ClNO/c18-15-6-7-17-14(10-15)11-16(20-17)12-19-9-8-13-4-2-1-3-5-13/h4,6-7,10,16,19H,1-3,5,8-9,11-12H2. The second-order valence-corrected chi connectivity index (χ2v) is 6.19. The van der Waals surface area contributed by atoms with Gasteiger partial charge >= 0.3 is 0 Å². The normalized spacial score (nSPS) is 21.2. The highest BCUT2D eigenvalue weighted by atomic mass is 35.5. The van der Waals surface area contributed by atoms with Crippen LogP contribution < -0.4 is 10.1 Å². The van der Waals surface area contributed by atoms with Gasteiger partial charge in [-0.3, -0.25) is 0 Å². The second kappa shape index (κ2) is 6.64. The molecule has 1 N–H and O–H groups in total. The highest BCUT2D eigenvalue weighted by Crippen LogP contribution is 2.30. The number of ether oxygens (including phenoxy) is 1. The summed E-state index contributed by atoms with van der Waals surface area (Å²) in [5.41, 5.74) is 2.87. The van der Waals surface area contributed by atoms with E-state index < -0.39 is 0 Å². The van der Waals surface area contributed by atoms with E-state index in [0.717, 1.165) is 30.3 Å². The van der Waals surface area contributed by atoms with Gasteiger partial charge in [-0.15, -0.1) is 0 Å². The van der Waals surface area contributed by atoms with Crippen LogP contribution in [0, 0.1) is 0 Å². The molecule has 3 heteroatoms. The molecule has 1 aliphatic carbocycles. The Morgan fingerprint density at radius 2 is 2.25 bits per heavy atom. The monoisotopic (exact) mass is 291 g/mol. The lowest BCUT2D eigenvalue weighted by atomic mass is 9.97. The summed E-state index contributed by atoms with van der Waals surface area (Å²) < 4.78 is 5.92. The van der Waals surface area contributed by atoms with Crippen LogP contribution in [0.2, 0.25) is 5.02 Å². The molecule has 2 nitrogen and oxygen atoms in total. The third kappa shape index (κ3) is 3.56. The van der Waals surface area contributed by atoms with Gasteiger partial charge in [0.2, 0.25) is 0 Å². The summed E-state index contributed by atoms with van der Waals surface area (Å²) in [4.78, 5) is 0. The Bertz CT molecular complexity index is 498. The van der Waals surface area contributed by atoms with Crippen LogP contribution in [-0.4, -0.2) is 19.2 Å². The predicted molar refractivity (Wildman–Crippen MR) is 83.6 cm³/mol. The van der Waals surface area contributed by atoms with Crippen molar-refractivity contribution in [3.05, 3.63) is 40.4 Å². The number of halogens is 1. The van der Waals surface area contributed by atoms with Crippen LogP contribution in [0.1, 0.15) is 37.7 Å². The highest BCUT2D eigenvalue weighted by Gasteiger charge is 2.22. The van der Waals surface area contributed by atoms with Gasteiger partial charge in [0.1, 0.15) is 11.9 Å². The molecule has 0 amide bonds. The maximum Gasteiger partial charge on any atom is 0.123 e. The fraction of sp³-hybridized carbons (Fsp3) is 0.529. The molecule has 0 bridgehead atoms. The first-order valence-corrected chi connectivity index (χ1v) is 8.03. The molecule has 0 radical (unpaired) electrons. The fourth-order valence-corrected chi connectivity index (χ4v) is 3.24. The van der Waals surface area contributed by atoms with Crippen LogP contribution in [0.5, 0.6) is 5.75 Å². The Morgan fingerprint density at radius 3 is 3.10 bits per heavy atom. The number of hydrogen-bond donors (Lipinski definition) is 1. The molecule has 2 aliphatic rings. The average molecular weight is 292 g/mol. The van der Waals surface area contributed by atoms with Gasteiger partial charge in [0.25, 0.3) is 0 Å². The molecule has 108 valence electrons. The topological polar surface area (TPSA) is 21.3 Å². The number of rotatable bonds is 5. The molecule has 0 fully saturated rings. The van der Waals surface area contributed by atoms with E-state index in [2.05, 4.69) is 11.4 Å². The highest BCUT2D eigenvalue weighted by molar-refractivity contribution is 6.30. The third-order valence-corrected chi connectivity index (χ3v) is 4.38. The number of hydrogen-bond acceptors (Lipinski definition) is 2. The summed E-state index contributed by atoms with van der Waals surface area (Å²) in [6.07, 6.45) is 10.1. The second-order valence-electron chi connectivity index (χ2n) is 5.76. The van der Waals surface area contributed by atoms with E-state index in [1.807, 2.05) is 18.2 Å². The number of benzene rings is 1. The quantitative estimate of drug-likeness (QED) is 0.651. The van der Waals surface area contributed by atoms with Crippen molar-refractivity contribution in [3.63, 3.8) is 0 Å². The molecule has 20 heavy (non-hydrogen) atoms. The lowest BCUT2D eigenvalue weighted by Gasteiger charge is -2.15. The van der Waals surface area contributed by atoms with E-state index in [4.69, 9.17) is 16.3 Å². The van der Waals surface area contributed by atoms with Crippen LogP contribution in [0.25, 0.3) is 0 Å². The third-order valence-electron chi connectivity index (χ3n) is 4.14. The minimum atomic E-state index is 0.254. The summed E-state index contributed by atoms with van der Waals surface area (Å²) >= 11 is 6.01. The van der Waals surface area contributed by atoms with Crippen LogP contribution in [0.15, 0.2) is 29.8 Å². The molecule has 0 spiro atoms. The summed E-state index contributed by atoms with van der Waals surface area (Å²) in [6, 6.07) is 5.89. The van der Waals surface area contributed by atoms with Gasteiger partial charge in [0, 0.05) is 18.0 Å². The van der Waals surface area contributed by atoms with E-state index in [-0.39, 0.29) is 6.10 Å². The van der Waals surface area contributed by atoms with Crippen molar-refractivity contribution in [3.8, 4) is 5.75 Å². The zero-order valence-corrected chi connectivity index (χ0v) is 12.6. The van der Waals surface area contributed by atoms with E-state index >= 15 is 0 Å². The van der Waals surface area contributed by atoms with Gasteiger partial charge in [-0.1, -0.05) is 23.3 Å². The minimum absolute atomic E-state index is 0.254. The Labute approximate surface area is 126 Å². The van der Waals surface area contributed by atoms with E-state index in [1.54, 1.807) is 5.57 Å². The zero-order chi connectivity index (χ0) is 13.8. The van der Waals surface area contributed by atoms with Gasteiger partial charge in [-0.2, -0.15) is 0 Å². The van der Waals surface area contributed by atoms with Crippen LogP contribution in [0.4, 0.5) is 0 Å². The molecule has 1 aromatic rings. The Hall–Kier alpha value is -0.990. The Balaban J connectivity index is 1.39. The fourth-order valence-electron chi connectivity index (χ4n) is 3.05. The summed E-state index contributed by atoms with van der Waals surface area (Å²) in [7, 11) is 0. The Morgan fingerprint density at radius 1 is 1.30 bits per heavy atom. The smallest absolute Gasteiger partial charge is 0.123 e. The SMILES string of the molecule is Clc1ccc2c(c1)CC(CNCCC1=CCCCC1)O2. The van der Waals surface area contributed by atoms with Crippen LogP contribution in [-0.2, 0) is 6.42 Å². The average Bonchev–Trinajstić information content (AvgIpc) is 2.86. The number of fused-ring (bicyclic) bond motifs is 1. The molecular formula is C17H22ClNO. The Kier molecular flexibility index (Phi) is 4.64. The van der Waals surface area contributed by atoms with Crippen molar-refractivity contribution < 1.29 is 4.74 Å². The first-order valence-electron chi connectivity index (χ1n) is 7.65. The number of nitrogens with one attached hydrogen (secondary N) is 1. The minimum Gasteiger partial charge on any atom is -0.488 e. The van der Waals surface area contributed by atoms with Crippen molar-refractivity contribution in [1.82, 2.24) is 5.32 Å². The van der Waals surface area contributed by atoms with Crippen molar-refractivity contribution in [2.75, 3.05) is 13.1 Å². The first kappa shape index (κ1) is 14.0. The van der Waals surface area contributed by atoms with Gasteiger partial charge < -0.3 is 10.1 Å². The van der Waals surface area contributed by atoms with Crippen molar-refractivity contribution in [1.29, 1.82) is 0 Å². The maximum atomic E-state index is 6.01. The maximum absolute atomic E-state index is 6.01. The van der Waals surface area contributed by atoms with E-state index in [0.29, 0.717) is 0 Å². The lowest BCUT2D eigenvalue weighted by Crippen LogP contribution is -2.30. The van der Waals surface area contributed by atoms with Crippen molar-refractivity contribution >= 4 is 11.6 Å². The van der Waals surface area contributed by atoms with E-state index in [9.17, 15) is 0 Å². The number of allylic oxidation sites excluding steroid dienone is 1. The zero-order valence-electron chi connectivity index (χ0n) is 11.8. The molecule has 1 atom stereocenters. The molecule has 1 heterocycles. The van der Waals surface area contributed by atoms with Crippen LogP contribution in [0.3, 0.4) is 0 Å². The molecule has 3 rings (SSSR count). The molecular weight excluding hydrogens is 270 g/mol. The molecule has 1 aliphatic heterocycles. The predicted octanol–water partition coefficient (Wildman–Crippen LogP) is 4.12. The van der Waals surface area contributed by atoms with Gasteiger partial charge in [-0.25, -0.2) is 0 Å². The summed E-state index contributed by atoms with van der Waals surface area (Å²) in [5, 5.41) is 4.32.